The maximum atomic E-state index is 5.30. The molecule has 0 saturated heterocycles. The lowest BCUT2D eigenvalue weighted by Crippen LogP contribution is -1.97. The Morgan fingerprint density at radius 2 is 1.95 bits per heavy atom. The van der Waals surface area contributed by atoms with Gasteiger partial charge in [-0.15, -0.1) is 0 Å². The van der Waals surface area contributed by atoms with Crippen molar-refractivity contribution in [2.45, 2.75) is 13.8 Å². The SMILES string of the molecule is Cc1nc(=S)c(C)c(-c2cccc3ncccc23)[nH]1. The monoisotopic (exact) mass is 267 g/mol. The molecule has 0 saturated carbocycles. The highest BCUT2D eigenvalue weighted by Crippen LogP contribution is 2.28. The molecule has 2 heterocycles. The van der Waals surface area contributed by atoms with E-state index in [1.807, 2.05) is 32.0 Å². The molecule has 0 aliphatic carbocycles. The summed E-state index contributed by atoms with van der Waals surface area (Å²) in [6, 6.07) is 10.1. The molecule has 3 rings (SSSR count). The zero-order valence-corrected chi connectivity index (χ0v) is 11.6. The predicted molar refractivity (Wildman–Crippen MR) is 79.6 cm³/mol. The van der Waals surface area contributed by atoms with Crippen LogP contribution in [0.15, 0.2) is 36.5 Å². The number of aryl methyl sites for hydroxylation is 1. The van der Waals surface area contributed by atoms with Gasteiger partial charge in [-0.3, -0.25) is 4.98 Å². The minimum Gasteiger partial charge on any atom is -0.343 e. The van der Waals surface area contributed by atoms with Gasteiger partial charge in [-0.2, -0.15) is 0 Å². The average molecular weight is 267 g/mol. The van der Waals surface area contributed by atoms with Gasteiger partial charge >= 0.3 is 0 Å². The normalized spacial score (nSPS) is 10.8. The number of nitrogens with zero attached hydrogens (tertiary/aromatic N) is 2. The molecular formula is C15H13N3S. The molecule has 4 heteroatoms. The summed E-state index contributed by atoms with van der Waals surface area (Å²) in [6.45, 7) is 3.91. The van der Waals surface area contributed by atoms with Crippen molar-refractivity contribution in [3.05, 3.63) is 52.6 Å². The third-order valence-electron chi connectivity index (χ3n) is 3.19. The number of H-pyrrole nitrogens is 1. The second-order valence-corrected chi connectivity index (χ2v) is 4.89. The smallest absolute Gasteiger partial charge is 0.133 e. The van der Waals surface area contributed by atoms with E-state index >= 15 is 0 Å². The minimum absolute atomic E-state index is 0.646. The van der Waals surface area contributed by atoms with E-state index in [1.165, 1.54) is 0 Å². The summed E-state index contributed by atoms with van der Waals surface area (Å²) in [4.78, 5) is 12.0. The predicted octanol–water partition coefficient (Wildman–Crippen LogP) is 3.97. The number of fused-ring (bicyclic) bond motifs is 1. The largest absolute Gasteiger partial charge is 0.343 e. The van der Waals surface area contributed by atoms with Crippen molar-refractivity contribution in [3.8, 4) is 11.3 Å². The lowest BCUT2D eigenvalue weighted by atomic mass is 10.0. The van der Waals surface area contributed by atoms with Crippen LogP contribution >= 0.6 is 12.2 Å². The van der Waals surface area contributed by atoms with Gasteiger partial charge in [0.2, 0.25) is 0 Å². The van der Waals surface area contributed by atoms with Gasteiger partial charge in [-0.1, -0.05) is 30.4 Å². The first-order chi connectivity index (χ1) is 9.16. The third kappa shape index (κ3) is 2.04. The Bertz CT molecular complexity index is 816. The Balaban J connectivity index is 2.40. The van der Waals surface area contributed by atoms with Crippen LogP contribution in [-0.2, 0) is 0 Å². The zero-order valence-electron chi connectivity index (χ0n) is 10.8. The molecule has 0 atom stereocenters. The van der Waals surface area contributed by atoms with Crippen LogP contribution < -0.4 is 0 Å². The number of pyridine rings is 1. The highest BCUT2D eigenvalue weighted by molar-refractivity contribution is 7.71. The summed E-state index contributed by atoms with van der Waals surface area (Å²) < 4.78 is 0.646. The van der Waals surface area contributed by atoms with Gasteiger partial charge < -0.3 is 4.98 Å². The Morgan fingerprint density at radius 1 is 1.11 bits per heavy atom. The number of hydrogen-bond donors (Lipinski definition) is 1. The summed E-state index contributed by atoms with van der Waals surface area (Å²) in [5.41, 5.74) is 4.11. The minimum atomic E-state index is 0.646. The van der Waals surface area contributed by atoms with Gasteiger partial charge in [0.15, 0.2) is 0 Å². The highest BCUT2D eigenvalue weighted by Gasteiger charge is 2.09. The lowest BCUT2D eigenvalue weighted by molar-refractivity contribution is 1.02. The van der Waals surface area contributed by atoms with Crippen LogP contribution in [0.1, 0.15) is 11.4 Å². The van der Waals surface area contributed by atoms with Crippen LogP contribution in [0.3, 0.4) is 0 Å². The molecule has 3 nitrogen and oxygen atoms in total. The van der Waals surface area contributed by atoms with Crippen molar-refractivity contribution in [2.75, 3.05) is 0 Å². The summed E-state index contributed by atoms with van der Waals surface area (Å²) in [6.07, 6.45) is 1.80. The van der Waals surface area contributed by atoms with E-state index in [2.05, 4.69) is 27.1 Å². The van der Waals surface area contributed by atoms with E-state index in [1.54, 1.807) is 6.20 Å². The number of aromatic amines is 1. The van der Waals surface area contributed by atoms with Crippen LogP contribution in [0.25, 0.3) is 22.2 Å². The Morgan fingerprint density at radius 3 is 2.79 bits per heavy atom. The maximum absolute atomic E-state index is 5.30. The van der Waals surface area contributed by atoms with E-state index in [0.717, 1.165) is 33.5 Å². The number of benzene rings is 1. The van der Waals surface area contributed by atoms with Gasteiger partial charge in [0.05, 0.1) is 11.2 Å². The quantitative estimate of drug-likeness (QED) is 0.678. The van der Waals surface area contributed by atoms with Crippen molar-refractivity contribution in [3.63, 3.8) is 0 Å². The lowest BCUT2D eigenvalue weighted by Gasteiger charge is -2.10. The maximum Gasteiger partial charge on any atom is 0.133 e. The third-order valence-corrected chi connectivity index (χ3v) is 3.58. The molecule has 0 fully saturated rings. The molecule has 19 heavy (non-hydrogen) atoms. The first-order valence-corrected chi connectivity index (χ1v) is 6.49. The van der Waals surface area contributed by atoms with Crippen molar-refractivity contribution < 1.29 is 0 Å². The van der Waals surface area contributed by atoms with Crippen LogP contribution in [0.4, 0.5) is 0 Å². The van der Waals surface area contributed by atoms with Gasteiger partial charge in [-0.05, 0) is 26.0 Å². The standard InChI is InChI=1S/C15H13N3S/c1-9-14(17-10(2)18-15(9)19)12-5-3-7-13-11(12)6-4-8-16-13/h3-8H,1-2H3,(H,17,18,19). The number of aromatic nitrogens is 3. The molecule has 3 aromatic rings. The van der Waals surface area contributed by atoms with Crippen LogP contribution in [0.2, 0.25) is 0 Å². The molecule has 0 radical (unpaired) electrons. The van der Waals surface area contributed by atoms with Crippen molar-refractivity contribution in [1.82, 2.24) is 15.0 Å². The molecule has 0 spiro atoms. The van der Waals surface area contributed by atoms with E-state index in [9.17, 15) is 0 Å². The fourth-order valence-electron chi connectivity index (χ4n) is 2.24. The first-order valence-electron chi connectivity index (χ1n) is 6.08. The summed E-state index contributed by atoms with van der Waals surface area (Å²) >= 11 is 5.30. The summed E-state index contributed by atoms with van der Waals surface area (Å²) in [7, 11) is 0. The number of nitrogens with one attached hydrogen (secondary N) is 1. The van der Waals surface area contributed by atoms with E-state index in [-0.39, 0.29) is 0 Å². The topological polar surface area (TPSA) is 41.6 Å². The molecule has 0 bridgehead atoms. The van der Waals surface area contributed by atoms with Crippen LogP contribution in [0, 0.1) is 18.5 Å². The number of hydrogen-bond acceptors (Lipinski definition) is 3. The second-order valence-electron chi connectivity index (χ2n) is 4.50. The molecule has 1 N–H and O–H groups in total. The number of rotatable bonds is 1. The van der Waals surface area contributed by atoms with Crippen molar-refractivity contribution in [1.29, 1.82) is 0 Å². The van der Waals surface area contributed by atoms with E-state index < -0.39 is 0 Å². The molecule has 0 aliphatic rings. The van der Waals surface area contributed by atoms with E-state index in [4.69, 9.17) is 12.2 Å². The van der Waals surface area contributed by atoms with Crippen LogP contribution in [0.5, 0.6) is 0 Å². The molecular weight excluding hydrogens is 254 g/mol. The van der Waals surface area contributed by atoms with Crippen molar-refractivity contribution >= 4 is 23.1 Å². The highest BCUT2D eigenvalue weighted by atomic mass is 32.1. The van der Waals surface area contributed by atoms with Gasteiger partial charge in [0.1, 0.15) is 10.5 Å². The Hall–Kier alpha value is -2.07. The average Bonchev–Trinajstić information content (AvgIpc) is 2.42. The zero-order chi connectivity index (χ0) is 13.4. The molecule has 1 aromatic carbocycles. The fraction of sp³-hybridized carbons (Fsp3) is 0.133. The first kappa shape index (κ1) is 12.0. The molecule has 94 valence electrons. The van der Waals surface area contributed by atoms with Gasteiger partial charge in [-0.25, -0.2) is 4.98 Å². The van der Waals surface area contributed by atoms with E-state index in [0.29, 0.717) is 4.64 Å². The summed E-state index contributed by atoms with van der Waals surface area (Å²) in [5, 5.41) is 1.12. The van der Waals surface area contributed by atoms with Crippen molar-refractivity contribution in [2.24, 2.45) is 0 Å². The summed E-state index contributed by atoms with van der Waals surface area (Å²) in [5.74, 6) is 0.825. The molecule has 2 aromatic heterocycles. The Labute approximate surface area is 116 Å². The van der Waals surface area contributed by atoms with Crippen LogP contribution in [-0.4, -0.2) is 15.0 Å². The van der Waals surface area contributed by atoms with Gasteiger partial charge in [0.25, 0.3) is 0 Å². The Kier molecular flexibility index (Phi) is 2.87. The second kappa shape index (κ2) is 4.55. The van der Waals surface area contributed by atoms with Gasteiger partial charge in [0, 0.05) is 22.7 Å². The fourth-order valence-corrected chi connectivity index (χ4v) is 2.48. The molecule has 0 aliphatic heterocycles. The molecule has 0 unspecified atom stereocenters. The molecule has 0 amide bonds.